The molecule has 1 aromatic carbocycles. The topological polar surface area (TPSA) is 84.4 Å². The summed E-state index contributed by atoms with van der Waals surface area (Å²) in [4.78, 5) is 18.4. The first-order valence-electron chi connectivity index (χ1n) is 6.14. The summed E-state index contributed by atoms with van der Waals surface area (Å²) in [6.45, 7) is 1.15. The molecule has 0 saturated heterocycles. The molecule has 1 aromatic heterocycles. The Kier molecular flexibility index (Phi) is 4.07. The van der Waals surface area contributed by atoms with Crippen LogP contribution in [0.15, 0.2) is 21.4 Å². The summed E-state index contributed by atoms with van der Waals surface area (Å²) in [7, 11) is 0. The van der Waals surface area contributed by atoms with Gasteiger partial charge in [-0.3, -0.25) is 4.79 Å². The van der Waals surface area contributed by atoms with E-state index >= 15 is 0 Å². The molecular formula is C13H10BrIN2O4. The Bertz CT molecular complexity index is 763. The molecular weight excluding hydrogens is 455 g/mol. The fourth-order valence-corrected chi connectivity index (χ4v) is 2.76. The molecule has 2 N–H and O–H groups in total. The fourth-order valence-electron chi connectivity index (χ4n) is 1.95. The third kappa shape index (κ3) is 2.86. The molecule has 21 heavy (non-hydrogen) atoms. The number of rotatable bonds is 1. The number of fused-ring (bicyclic) bond motifs is 1. The smallest absolute Gasteiger partial charge is 0.268 e. The number of nitrogens with zero attached hydrogens (tertiary/aromatic N) is 1. The van der Waals surface area contributed by atoms with Crippen LogP contribution < -0.4 is 15.0 Å². The quantitative estimate of drug-likeness (QED) is 0.634. The minimum atomic E-state index is -0.388. The number of hydrogen-bond acceptors (Lipinski definition) is 5. The Hall–Kier alpha value is -1.29. The number of H-pyrrole nitrogens is 1. The van der Waals surface area contributed by atoms with Crippen LogP contribution in [0, 0.1) is 3.57 Å². The second kappa shape index (κ2) is 5.84. The molecule has 3 rings (SSSR count). The van der Waals surface area contributed by atoms with Crippen LogP contribution in [0.4, 0.5) is 0 Å². The van der Waals surface area contributed by atoms with E-state index in [1.54, 1.807) is 34.7 Å². The van der Waals surface area contributed by atoms with Crippen molar-refractivity contribution >= 4 is 38.5 Å². The first kappa shape index (κ1) is 14.6. The Morgan fingerprint density at radius 3 is 2.86 bits per heavy atom. The second-order valence-electron chi connectivity index (χ2n) is 4.39. The van der Waals surface area contributed by atoms with E-state index in [1.807, 2.05) is 0 Å². The molecule has 1 aliphatic heterocycles. The van der Waals surface area contributed by atoms with Crippen molar-refractivity contribution in [3.05, 3.63) is 30.5 Å². The van der Waals surface area contributed by atoms with Gasteiger partial charge in [0.15, 0.2) is 11.5 Å². The van der Waals surface area contributed by atoms with E-state index in [1.165, 1.54) is 0 Å². The van der Waals surface area contributed by atoms with Crippen molar-refractivity contribution in [2.45, 2.75) is 6.42 Å². The number of halogens is 2. The molecule has 6 nitrogen and oxygen atoms in total. The zero-order valence-corrected chi connectivity index (χ0v) is 14.4. The highest BCUT2D eigenvalue weighted by Gasteiger charge is 2.18. The number of hydrogen-bond donors (Lipinski definition) is 2. The van der Waals surface area contributed by atoms with Gasteiger partial charge in [0.05, 0.1) is 17.7 Å². The van der Waals surface area contributed by atoms with Crippen molar-refractivity contribution < 1.29 is 14.6 Å². The Balaban J connectivity index is 2.14. The van der Waals surface area contributed by atoms with E-state index in [9.17, 15) is 9.90 Å². The minimum absolute atomic E-state index is 0.157. The third-order valence-electron chi connectivity index (χ3n) is 2.92. The average molecular weight is 465 g/mol. The van der Waals surface area contributed by atoms with Gasteiger partial charge in [-0.25, -0.2) is 0 Å². The predicted molar refractivity (Wildman–Crippen MR) is 88.0 cm³/mol. The number of nitrogens with one attached hydrogen (secondary N) is 1. The molecule has 0 bridgehead atoms. The molecule has 0 atom stereocenters. The van der Waals surface area contributed by atoms with Gasteiger partial charge in [0.25, 0.3) is 5.56 Å². The Morgan fingerprint density at radius 2 is 2.10 bits per heavy atom. The van der Waals surface area contributed by atoms with Gasteiger partial charge >= 0.3 is 0 Å². The van der Waals surface area contributed by atoms with E-state index in [0.717, 1.165) is 6.42 Å². The summed E-state index contributed by atoms with van der Waals surface area (Å²) in [6.07, 6.45) is 0.801. The summed E-state index contributed by atoms with van der Waals surface area (Å²) in [5, 5.41) is 9.69. The normalized spacial score (nSPS) is 13.8. The SMILES string of the molecule is O=c1[nH]c(-c2cc(Br)c3c(c2)OCCCO3)nc(O)c1I. The van der Waals surface area contributed by atoms with Crippen LogP contribution in [-0.4, -0.2) is 28.3 Å². The number of aromatic amines is 1. The number of ether oxygens (including phenoxy) is 2. The third-order valence-corrected chi connectivity index (χ3v) is 4.48. The number of aromatic hydroxyl groups is 1. The molecule has 110 valence electrons. The van der Waals surface area contributed by atoms with Gasteiger partial charge in [0, 0.05) is 12.0 Å². The van der Waals surface area contributed by atoms with Crippen LogP contribution in [0.1, 0.15) is 6.42 Å². The highest BCUT2D eigenvalue weighted by molar-refractivity contribution is 14.1. The lowest BCUT2D eigenvalue weighted by Crippen LogP contribution is -2.12. The molecule has 2 heterocycles. The number of aromatic nitrogens is 2. The molecule has 8 heteroatoms. The maximum atomic E-state index is 11.7. The largest absolute Gasteiger partial charge is 0.492 e. The number of benzene rings is 1. The van der Waals surface area contributed by atoms with Crippen LogP contribution in [0.25, 0.3) is 11.4 Å². The van der Waals surface area contributed by atoms with Crippen LogP contribution >= 0.6 is 38.5 Å². The van der Waals surface area contributed by atoms with Crippen LogP contribution in [0.3, 0.4) is 0 Å². The van der Waals surface area contributed by atoms with Gasteiger partial charge in [0.1, 0.15) is 9.39 Å². The summed E-state index contributed by atoms with van der Waals surface area (Å²) in [5.74, 6) is 1.19. The van der Waals surface area contributed by atoms with E-state index in [2.05, 4.69) is 25.9 Å². The van der Waals surface area contributed by atoms with Crippen molar-refractivity contribution in [2.75, 3.05) is 13.2 Å². The standard InChI is InChI=1S/C13H10BrIN2O4/c14-7-4-6(5-8-10(7)21-3-1-2-20-8)11-16-12(18)9(15)13(19)17-11/h4-5H,1-3H2,(H2,16,17,18,19). The summed E-state index contributed by atoms with van der Waals surface area (Å²) in [6, 6.07) is 3.49. The zero-order chi connectivity index (χ0) is 15.0. The predicted octanol–water partition coefficient (Wildman–Crippen LogP) is 2.67. The van der Waals surface area contributed by atoms with Crippen molar-refractivity contribution in [2.24, 2.45) is 0 Å². The Labute approximate surface area is 141 Å². The molecule has 0 saturated carbocycles. The van der Waals surface area contributed by atoms with Crippen molar-refractivity contribution in [1.82, 2.24) is 9.97 Å². The molecule has 0 spiro atoms. The van der Waals surface area contributed by atoms with Crippen LogP contribution in [0.5, 0.6) is 17.4 Å². The van der Waals surface area contributed by atoms with E-state index < -0.39 is 0 Å². The van der Waals surface area contributed by atoms with E-state index in [0.29, 0.717) is 34.7 Å². The highest BCUT2D eigenvalue weighted by atomic mass is 127. The van der Waals surface area contributed by atoms with Gasteiger partial charge in [-0.05, 0) is 50.7 Å². The maximum absolute atomic E-state index is 11.7. The van der Waals surface area contributed by atoms with Crippen LogP contribution in [0.2, 0.25) is 0 Å². The lowest BCUT2D eigenvalue weighted by atomic mass is 10.2. The van der Waals surface area contributed by atoms with Crippen molar-refractivity contribution in [1.29, 1.82) is 0 Å². The van der Waals surface area contributed by atoms with Gasteiger partial charge in [-0.15, -0.1) is 0 Å². The fraction of sp³-hybridized carbons (Fsp3) is 0.231. The molecule has 1 aliphatic rings. The second-order valence-corrected chi connectivity index (χ2v) is 6.32. The van der Waals surface area contributed by atoms with Gasteiger partial charge < -0.3 is 19.6 Å². The van der Waals surface area contributed by atoms with Gasteiger partial charge in [-0.2, -0.15) is 4.98 Å². The highest BCUT2D eigenvalue weighted by Crippen LogP contribution is 2.40. The maximum Gasteiger partial charge on any atom is 0.268 e. The average Bonchev–Trinajstić information content (AvgIpc) is 2.69. The summed E-state index contributed by atoms with van der Waals surface area (Å²) >= 11 is 5.17. The van der Waals surface area contributed by atoms with Gasteiger partial charge in [0.2, 0.25) is 5.88 Å². The molecule has 2 aromatic rings. The van der Waals surface area contributed by atoms with E-state index in [-0.39, 0.29) is 20.8 Å². The molecule has 0 unspecified atom stereocenters. The first-order chi connectivity index (χ1) is 10.1. The van der Waals surface area contributed by atoms with Crippen molar-refractivity contribution in [3.8, 4) is 28.8 Å². The molecule has 0 radical (unpaired) electrons. The monoisotopic (exact) mass is 464 g/mol. The minimum Gasteiger partial charge on any atom is -0.492 e. The lowest BCUT2D eigenvalue weighted by molar-refractivity contribution is 0.296. The van der Waals surface area contributed by atoms with Crippen molar-refractivity contribution in [3.63, 3.8) is 0 Å². The molecule has 0 fully saturated rings. The molecule has 0 aliphatic carbocycles. The summed E-state index contributed by atoms with van der Waals surface area (Å²) < 4.78 is 12.1. The van der Waals surface area contributed by atoms with E-state index in [4.69, 9.17) is 9.47 Å². The van der Waals surface area contributed by atoms with Crippen LogP contribution in [-0.2, 0) is 0 Å². The lowest BCUT2D eigenvalue weighted by Gasteiger charge is -2.11. The van der Waals surface area contributed by atoms with Gasteiger partial charge in [-0.1, -0.05) is 0 Å². The first-order valence-corrected chi connectivity index (χ1v) is 8.01. The Morgan fingerprint density at radius 1 is 1.33 bits per heavy atom. The molecule has 0 amide bonds. The zero-order valence-electron chi connectivity index (χ0n) is 10.7. The summed E-state index contributed by atoms with van der Waals surface area (Å²) in [5.41, 5.74) is 0.233.